The van der Waals surface area contributed by atoms with Crippen molar-refractivity contribution in [2.45, 2.75) is 59.7 Å². The van der Waals surface area contributed by atoms with Crippen LogP contribution in [0.5, 0.6) is 0 Å². The third-order valence-corrected chi connectivity index (χ3v) is 15.5. The summed E-state index contributed by atoms with van der Waals surface area (Å²) >= 11 is 0. The Morgan fingerprint density at radius 3 is 1.05 bits per heavy atom. The number of fused-ring (bicyclic) bond motifs is 3. The number of aromatic carboxylic acids is 1. The van der Waals surface area contributed by atoms with Crippen molar-refractivity contribution in [3.05, 3.63) is 282 Å². The molecular formula is C76H63ClFN21O4. The van der Waals surface area contributed by atoms with Crippen molar-refractivity contribution in [2.24, 2.45) is 5.73 Å². The van der Waals surface area contributed by atoms with Crippen LogP contribution in [0.3, 0.4) is 0 Å². The fourth-order valence-electron chi connectivity index (χ4n) is 10.4. The number of hydrogen-bond donors (Lipinski definition) is 7. The summed E-state index contributed by atoms with van der Waals surface area (Å²) in [6, 6.07) is 43.5. The molecule has 27 heteroatoms. The third-order valence-electron chi connectivity index (χ3n) is 15.5. The second kappa shape index (κ2) is 36.3. The summed E-state index contributed by atoms with van der Waals surface area (Å²) in [7, 11) is -1.00. The number of benzene rings is 3. The first kappa shape index (κ1) is 74.5. The van der Waals surface area contributed by atoms with Crippen LogP contribution < -0.4 is 33.6 Å². The van der Waals surface area contributed by atoms with Crippen LogP contribution in [0, 0.1) is 88.8 Å². The minimum absolute atomic E-state index is 0. The summed E-state index contributed by atoms with van der Waals surface area (Å²) in [6.45, 7) is 7.00. The number of amides is 2. The second-order valence-electron chi connectivity index (χ2n) is 22.6. The first-order chi connectivity index (χ1) is 49.7. The van der Waals surface area contributed by atoms with Crippen molar-refractivity contribution in [1.29, 1.82) is 31.6 Å². The summed E-state index contributed by atoms with van der Waals surface area (Å²) in [5, 5.41) is 72.6. The lowest BCUT2D eigenvalue weighted by molar-refractivity contribution is 0.0695. The molecule has 0 bridgehead atoms. The molecule has 0 spiro atoms. The lowest BCUT2D eigenvalue weighted by atomic mass is 10.0. The molecule has 0 atom stereocenters. The van der Waals surface area contributed by atoms with E-state index in [0.717, 1.165) is 50.1 Å². The molecule has 510 valence electrons. The largest absolute Gasteiger partial charge is 0.478 e. The standard InChI is InChI=1S/2C25H19N7O.C18H10N4O2.C7H11N3.CH3F.ClH/c2*1-15-4-23(28)30-13-21(15)14-32-25(33)18-2-3-29-22(9-18)8-16-5-19-7-17(10-26)12-31-24(19)20(6-16)11-27;19-8-12-5-14-3-11(4-15(9-20)17(14)22-10-12)6-16-7-13(18(23)24)1-2-21-16;1-5-2-7(9)10-4-6(5)3-8;1-2;/h2*2-7,9,12-13H,8,14H2,1H3,(H2,28,30)(H,32,33);1-5,7,10H,6H2,(H,23,24);2,4H,3,8H2,1H3,(H2,9,10);1H3;1H/i;;;;1D;. The van der Waals surface area contributed by atoms with Crippen LogP contribution in [0.1, 0.15) is 133 Å². The van der Waals surface area contributed by atoms with Crippen LogP contribution in [-0.4, -0.2) is 74.9 Å². The molecule has 0 aliphatic carbocycles. The van der Waals surface area contributed by atoms with E-state index in [9.17, 15) is 34.6 Å². The SMILES string of the molecule is Cc1cc(N)ncc1CN.Cc1cc(N)ncc1CNC(=O)c1ccnc(Cc2cc(C#N)c3ncc(C#N)cc3c2)c1.Cc1cc(N)ncc1CNC(=O)c1ccnc(Cc2cc(C#N)c3ncc(C#N)cc3c2)c1.Cl.N#Cc1cnc2c(C#N)cc(Cc3cc(C(=O)O)ccn3)cc2c1.[2H]CF. The molecule has 0 aliphatic heterocycles. The quantitative estimate of drug-likeness (QED) is 0.0532. The number of carbonyl (C=O) groups excluding carboxylic acids is 2. The van der Waals surface area contributed by atoms with Gasteiger partial charge in [-0.15, -0.1) is 12.4 Å². The highest BCUT2D eigenvalue weighted by Crippen LogP contribution is 2.26. The molecule has 2 amide bonds. The molecule has 0 saturated carbocycles. The van der Waals surface area contributed by atoms with Gasteiger partial charge in [0.15, 0.2) is 0 Å². The van der Waals surface area contributed by atoms with Crippen molar-refractivity contribution in [2.75, 3.05) is 24.4 Å². The van der Waals surface area contributed by atoms with E-state index >= 15 is 0 Å². The predicted octanol–water partition coefficient (Wildman–Crippen LogP) is 10.5. The fraction of sp³-hybridized carbons (Fsp3) is 0.132. The Balaban J connectivity index is 0.000000201. The van der Waals surface area contributed by atoms with Crippen LogP contribution in [0.4, 0.5) is 21.8 Å². The van der Waals surface area contributed by atoms with Gasteiger partial charge < -0.3 is 38.7 Å². The van der Waals surface area contributed by atoms with Crippen molar-refractivity contribution in [3.8, 4) is 36.4 Å². The van der Waals surface area contributed by atoms with Gasteiger partial charge in [-0.3, -0.25) is 43.9 Å². The van der Waals surface area contributed by atoms with E-state index < -0.39 is 13.1 Å². The average molecular weight is 1390 g/mol. The highest BCUT2D eigenvalue weighted by atomic mass is 35.5. The molecule has 0 fully saturated rings. The normalized spacial score (nSPS) is 10.1. The number of aryl methyl sites for hydroxylation is 3. The number of carbonyl (C=O) groups is 3. The molecule has 0 radical (unpaired) electrons. The van der Waals surface area contributed by atoms with E-state index in [0.29, 0.717) is 151 Å². The molecular weight excluding hydrogens is 1330 g/mol. The van der Waals surface area contributed by atoms with Crippen LogP contribution in [0.15, 0.2) is 165 Å². The van der Waals surface area contributed by atoms with E-state index in [1.807, 2.05) is 51.1 Å². The summed E-state index contributed by atoms with van der Waals surface area (Å²) in [5.74, 6) is -0.0428. The van der Waals surface area contributed by atoms with Crippen molar-refractivity contribution >= 4 is 80.4 Å². The molecule has 25 nitrogen and oxygen atoms in total. The zero-order chi connectivity index (χ0) is 74.1. The zero-order valence-electron chi connectivity index (χ0n) is 56.5. The predicted molar refractivity (Wildman–Crippen MR) is 386 cm³/mol. The van der Waals surface area contributed by atoms with Gasteiger partial charge in [-0.2, -0.15) is 31.6 Å². The molecule has 11 N–H and O–H groups in total. The Kier molecular flexibility index (Phi) is 26.3. The number of halogens is 2. The Bertz CT molecular complexity index is 5260. The first-order valence-corrected chi connectivity index (χ1v) is 30.7. The van der Waals surface area contributed by atoms with E-state index in [1.165, 1.54) is 36.9 Å². The van der Waals surface area contributed by atoms with E-state index in [4.69, 9.17) is 45.2 Å². The molecule has 3 aromatic carbocycles. The monoisotopic (exact) mass is 1390 g/mol. The summed E-state index contributed by atoms with van der Waals surface area (Å²) in [4.78, 5) is 74.0. The summed E-state index contributed by atoms with van der Waals surface area (Å²) < 4.78 is 15.5. The number of aromatic nitrogens is 9. The highest BCUT2D eigenvalue weighted by Gasteiger charge is 2.16. The van der Waals surface area contributed by atoms with Gasteiger partial charge in [0, 0.05) is 139 Å². The van der Waals surface area contributed by atoms with Gasteiger partial charge in [0.2, 0.25) is 0 Å². The molecule has 0 unspecified atom stereocenters. The number of nitrogens with zero attached hydrogens (tertiary/aromatic N) is 15. The van der Waals surface area contributed by atoms with Crippen LogP contribution >= 0.6 is 12.4 Å². The van der Waals surface area contributed by atoms with Gasteiger partial charge in [-0.05, 0) is 180 Å². The van der Waals surface area contributed by atoms with Crippen LogP contribution in [-0.2, 0) is 38.9 Å². The van der Waals surface area contributed by atoms with Gasteiger partial charge in [-0.25, -0.2) is 19.7 Å². The molecule has 103 heavy (non-hydrogen) atoms. The number of nitrogens with two attached hydrogens (primary N) is 4. The third kappa shape index (κ3) is 20.4. The maximum absolute atomic E-state index is 12.7. The summed E-state index contributed by atoms with van der Waals surface area (Å²) in [5.41, 5.74) is 37.7. The van der Waals surface area contributed by atoms with Crippen molar-refractivity contribution < 1.29 is 25.3 Å². The second-order valence-corrected chi connectivity index (χ2v) is 22.6. The van der Waals surface area contributed by atoms with E-state index in [1.54, 1.807) is 104 Å². The molecule has 0 aliphatic rings. The molecule has 0 saturated heterocycles. The van der Waals surface area contributed by atoms with Gasteiger partial charge in [0.1, 0.15) is 53.9 Å². The van der Waals surface area contributed by atoms with E-state index in [-0.39, 0.29) is 29.8 Å². The number of carboxylic acid groups (broad SMARTS) is 1. The maximum atomic E-state index is 12.7. The number of alkyl halides is 1. The minimum Gasteiger partial charge on any atom is -0.478 e. The zero-order valence-corrected chi connectivity index (χ0v) is 56.3. The fourth-order valence-corrected chi connectivity index (χ4v) is 10.4. The number of nitrogens with one attached hydrogen (secondary N) is 2. The molecule has 9 aromatic heterocycles. The smallest absolute Gasteiger partial charge is 0.335 e. The number of hydrogen-bond acceptors (Lipinski definition) is 22. The number of nitriles is 6. The molecule has 12 rings (SSSR count). The Morgan fingerprint density at radius 1 is 0.447 bits per heavy atom. The Labute approximate surface area is 598 Å². The number of nitrogen functional groups attached to an aromatic ring is 3. The lowest BCUT2D eigenvalue weighted by Gasteiger charge is -2.10. The van der Waals surface area contributed by atoms with Crippen molar-refractivity contribution in [1.82, 2.24) is 55.5 Å². The lowest BCUT2D eigenvalue weighted by Crippen LogP contribution is -2.23. The van der Waals surface area contributed by atoms with Gasteiger partial charge >= 0.3 is 5.97 Å². The van der Waals surface area contributed by atoms with Gasteiger partial charge in [0.25, 0.3) is 11.8 Å². The van der Waals surface area contributed by atoms with E-state index in [2.05, 4.69) is 85.8 Å². The number of carboxylic acids is 1. The van der Waals surface area contributed by atoms with Crippen molar-refractivity contribution in [3.63, 3.8) is 0 Å². The molecule has 12 aromatic rings. The van der Waals surface area contributed by atoms with Crippen LogP contribution in [0.25, 0.3) is 32.7 Å². The molecule has 9 heterocycles. The number of anilines is 3. The number of rotatable bonds is 14. The maximum Gasteiger partial charge on any atom is 0.335 e. The van der Waals surface area contributed by atoms with Gasteiger partial charge in [-0.1, -0.05) is 0 Å². The average Bonchev–Trinajstić information content (AvgIpc) is 0.810. The minimum atomic E-state index is -1.02. The Hall–Kier alpha value is -14.3. The van der Waals surface area contributed by atoms with Crippen LogP contribution in [0.2, 0.25) is 0 Å². The highest BCUT2D eigenvalue weighted by molar-refractivity contribution is 5.95. The Morgan fingerprint density at radius 2 is 0.757 bits per heavy atom. The van der Waals surface area contributed by atoms with Gasteiger partial charge in [0.05, 0.1) is 64.0 Å². The topological polar surface area (TPSA) is 458 Å². The summed E-state index contributed by atoms with van der Waals surface area (Å²) in [6.07, 6.45) is 15.2. The number of pyridine rings is 9. The first-order valence-electron chi connectivity index (χ1n) is 31.4.